The minimum absolute atomic E-state index is 0.0154. The number of ether oxygens (including phenoxy) is 2. The van der Waals surface area contributed by atoms with Gasteiger partial charge in [0.1, 0.15) is 0 Å². The zero-order valence-electron chi connectivity index (χ0n) is 14.5. The number of nitrogens with one attached hydrogen (secondary N) is 1. The maximum absolute atomic E-state index is 12.6. The molecule has 2 aromatic carbocycles. The molecule has 0 aliphatic carbocycles. The molecule has 1 amide bonds. The first kappa shape index (κ1) is 17.9. The number of hydrogen-bond acceptors (Lipinski definition) is 6. The van der Waals surface area contributed by atoms with Crippen molar-refractivity contribution in [3.8, 4) is 0 Å². The highest BCUT2D eigenvalue weighted by molar-refractivity contribution is 6.15. The fourth-order valence-corrected chi connectivity index (χ4v) is 3.39. The highest BCUT2D eigenvalue weighted by atomic mass is 16.5. The summed E-state index contributed by atoms with van der Waals surface area (Å²) in [5.41, 5.74) is -0.479. The summed E-state index contributed by atoms with van der Waals surface area (Å²) in [6.07, 6.45) is -0.0154. The number of hydrogen-bond donors (Lipinski definition) is 2. The molecule has 0 radical (unpaired) electrons. The Kier molecular flexibility index (Phi) is 4.65. The third-order valence-electron chi connectivity index (χ3n) is 4.56. The summed E-state index contributed by atoms with van der Waals surface area (Å²) in [4.78, 5) is 36.9. The molecule has 3 rings (SSSR count). The minimum atomic E-state index is -1.69. The quantitative estimate of drug-likeness (QED) is 0.776. The summed E-state index contributed by atoms with van der Waals surface area (Å²) in [6.45, 7) is 1.31. The molecule has 2 N–H and O–H groups in total. The van der Waals surface area contributed by atoms with Crippen LogP contribution < -0.4 is 5.32 Å². The Morgan fingerprint density at radius 1 is 1.23 bits per heavy atom. The van der Waals surface area contributed by atoms with Crippen LogP contribution >= 0.6 is 0 Å². The summed E-state index contributed by atoms with van der Waals surface area (Å²) >= 11 is 0. The first-order valence-electron chi connectivity index (χ1n) is 8.21. The molecule has 1 heterocycles. The van der Waals surface area contributed by atoms with Crippen molar-refractivity contribution in [3.63, 3.8) is 0 Å². The Labute approximate surface area is 149 Å². The van der Waals surface area contributed by atoms with Crippen LogP contribution in [0.25, 0.3) is 10.8 Å². The van der Waals surface area contributed by atoms with Crippen molar-refractivity contribution in [2.24, 2.45) is 0 Å². The van der Waals surface area contributed by atoms with E-state index in [-0.39, 0.29) is 13.0 Å². The minimum Gasteiger partial charge on any atom is -0.467 e. The molecule has 7 heteroatoms. The van der Waals surface area contributed by atoms with E-state index in [0.717, 1.165) is 0 Å². The lowest BCUT2D eigenvalue weighted by atomic mass is 9.86. The van der Waals surface area contributed by atoms with Crippen molar-refractivity contribution in [2.45, 2.75) is 18.9 Å². The molecule has 2 aromatic rings. The Hall–Kier alpha value is -2.93. The molecule has 1 atom stereocenters. The van der Waals surface area contributed by atoms with Gasteiger partial charge in [-0.25, -0.2) is 4.79 Å². The van der Waals surface area contributed by atoms with E-state index in [2.05, 4.69) is 5.32 Å². The number of carbonyl (C=O) groups is 3. The third-order valence-corrected chi connectivity index (χ3v) is 4.56. The van der Waals surface area contributed by atoms with Gasteiger partial charge in [-0.15, -0.1) is 0 Å². The first-order chi connectivity index (χ1) is 12.5. The van der Waals surface area contributed by atoms with Crippen molar-refractivity contribution in [2.75, 3.05) is 20.3 Å². The van der Waals surface area contributed by atoms with Crippen LogP contribution in [-0.2, 0) is 31.0 Å². The number of fused-ring (bicyclic) bond motifs is 3. The van der Waals surface area contributed by atoms with E-state index in [4.69, 9.17) is 9.47 Å². The number of esters is 2. The van der Waals surface area contributed by atoms with Crippen LogP contribution in [0, 0.1) is 0 Å². The summed E-state index contributed by atoms with van der Waals surface area (Å²) in [6, 6.07) is 8.71. The van der Waals surface area contributed by atoms with Crippen LogP contribution in [-0.4, -0.2) is 43.3 Å². The van der Waals surface area contributed by atoms with E-state index >= 15 is 0 Å². The lowest BCUT2D eigenvalue weighted by molar-refractivity contribution is -0.150. The summed E-state index contributed by atoms with van der Waals surface area (Å²) in [5, 5.41) is 13.8. The predicted octanol–water partition coefficient (Wildman–Crippen LogP) is 1.05. The average Bonchev–Trinajstić information content (AvgIpc) is 2.94. The van der Waals surface area contributed by atoms with Crippen molar-refractivity contribution in [1.82, 2.24) is 5.32 Å². The smallest absolute Gasteiger partial charge is 0.338 e. The van der Waals surface area contributed by atoms with Crippen molar-refractivity contribution >= 4 is 28.6 Å². The third kappa shape index (κ3) is 2.61. The zero-order valence-corrected chi connectivity index (χ0v) is 14.5. The standard InChI is InChI=1S/C19H19NO6/c1-3-26-15(22)9-11-8-14-16(13-7-5-4-6-12(11)13)17(23)20-19(14,10-21)18(24)25-2/h4-8,21H,3,9-10H2,1-2H3,(H,20,23)/t19-/m1/s1. The normalized spacial score (nSPS) is 18.3. The second-order valence-corrected chi connectivity index (χ2v) is 5.99. The van der Waals surface area contributed by atoms with Gasteiger partial charge in [0.15, 0.2) is 5.54 Å². The van der Waals surface area contributed by atoms with Crippen molar-refractivity contribution in [3.05, 3.63) is 47.0 Å². The van der Waals surface area contributed by atoms with Gasteiger partial charge in [-0.3, -0.25) is 9.59 Å². The molecule has 26 heavy (non-hydrogen) atoms. The van der Waals surface area contributed by atoms with Gasteiger partial charge in [0.05, 0.1) is 32.3 Å². The summed E-state index contributed by atoms with van der Waals surface area (Å²) in [5.74, 6) is -1.66. The maximum Gasteiger partial charge on any atom is 0.338 e. The van der Waals surface area contributed by atoms with E-state index in [9.17, 15) is 19.5 Å². The Morgan fingerprint density at radius 3 is 2.54 bits per heavy atom. The van der Waals surface area contributed by atoms with Crippen LogP contribution in [0.15, 0.2) is 30.3 Å². The van der Waals surface area contributed by atoms with E-state index in [1.165, 1.54) is 7.11 Å². The van der Waals surface area contributed by atoms with Crippen LogP contribution in [0.3, 0.4) is 0 Å². The molecule has 0 aromatic heterocycles. The average molecular weight is 357 g/mol. The lowest BCUT2D eigenvalue weighted by Gasteiger charge is -2.25. The lowest BCUT2D eigenvalue weighted by Crippen LogP contribution is -2.50. The highest BCUT2D eigenvalue weighted by Crippen LogP contribution is 2.38. The molecule has 0 fully saturated rings. The fraction of sp³-hybridized carbons (Fsp3) is 0.316. The SMILES string of the molecule is CCOC(=O)Cc1cc2c(c3ccccc13)C(=O)N[C@@]2(CO)C(=O)OC. The number of benzene rings is 2. The molecule has 0 saturated carbocycles. The molecule has 0 bridgehead atoms. The maximum atomic E-state index is 12.6. The number of methoxy groups -OCH3 is 1. The van der Waals surface area contributed by atoms with E-state index in [1.54, 1.807) is 37.3 Å². The van der Waals surface area contributed by atoms with Gasteiger partial charge in [0, 0.05) is 5.56 Å². The second-order valence-electron chi connectivity index (χ2n) is 5.99. The predicted molar refractivity (Wildman–Crippen MR) is 92.5 cm³/mol. The summed E-state index contributed by atoms with van der Waals surface area (Å²) < 4.78 is 9.82. The molecule has 1 aliphatic rings. The molecule has 0 spiro atoms. The van der Waals surface area contributed by atoms with Gasteiger partial charge in [0.25, 0.3) is 5.91 Å². The van der Waals surface area contributed by atoms with Crippen LogP contribution in [0.1, 0.15) is 28.4 Å². The Bertz CT molecular complexity index is 906. The number of aliphatic hydroxyl groups is 1. The highest BCUT2D eigenvalue weighted by Gasteiger charge is 2.50. The largest absolute Gasteiger partial charge is 0.467 e. The number of amides is 1. The van der Waals surface area contributed by atoms with Gasteiger partial charge >= 0.3 is 11.9 Å². The van der Waals surface area contributed by atoms with Crippen LogP contribution in [0.4, 0.5) is 0 Å². The van der Waals surface area contributed by atoms with Gasteiger partial charge in [-0.05, 0) is 23.3 Å². The molecular weight excluding hydrogens is 338 g/mol. The van der Waals surface area contributed by atoms with Gasteiger partial charge in [-0.2, -0.15) is 0 Å². The Balaban J connectivity index is 2.28. The fourth-order valence-electron chi connectivity index (χ4n) is 3.39. The van der Waals surface area contributed by atoms with Crippen molar-refractivity contribution < 1.29 is 29.0 Å². The van der Waals surface area contributed by atoms with Crippen LogP contribution in [0.5, 0.6) is 0 Å². The monoisotopic (exact) mass is 357 g/mol. The second kappa shape index (κ2) is 6.76. The first-order valence-corrected chi connectivity index (χ1v) is 8.21. The number of aliphatic hydroxyl groups excluding tert-OH is 1. The summed E-state index contributed by atoms with van der Waals surface area (Å²) in [7, 11) is 1.18. The van der Waals surface area contributed by atoms with Gasteiger partial charge in [0.2, 0.25) is 0 Å². The topological polar surface area (TPSA) is 102 Å². The number of rotatable bonds is 5. The molecule has 7 nitrogen and oxygen atoms in total. The van der Waals surface area contributed by atoms with Crippen LogP contribution in [0.2, 0.25) is 0 Å². The molecule has 136 valence electrons. The molecule has 0 saturated heterocycles. The molecular formula is C19H19NO6. The number of carbonyl (C=O) groups excluding carboxylic acids is 3. The van der Waals surface area contributed by atoms with Gasteiger partial charge in [-0.1, -0.05) is 30.3 Å². The molecule has 1 aliphatic heterocycles. The Morgan fingerprint density at radius 2 is 1.92 bits per heavy atom. The van der Waals surface area contributed by atoms with E-state index in [0.29, 0.717) is 27.5 Å². The van der Waals surface area contributed by atoms with E-state index in [1.807, 2.05) is 0 Å². The van der Waals surface area contributed by atoms with E-state index < -0.39 is 30.0 Å². The van der Waals surface area contributed by atoms with Crippen molar-refractivity contribution in [1.29, 1.82) is 0 Å². The molecule has 0 unspecified atom stereocenters. The van der Waals surface area contributed by atoms with Gasteiger partial charge < -0.3 is 19.9 Å². The zero-order chi connectivity index (χ0) is 18.9.